The lowest BCUT2D eigenvalue weighted by Crippen LogP contribution is -1.87. The molecule has 4 nitrogen and oxygen atoms in total. The number of nitrogens with zero attached hydrogens (tertiary/aromatic N) is 4. The smallest absolute Gasteiger partial charge is 0.131 e. The average Bonchev–Trinajstić information content (AvgIpc) is 2.41. The Morgan fingerprint density at radius 1 is 1.62 bits per heavy atom. The molecule has 1 heterocycles. The van der Waals surface area contributed by atoms with Gasteiger partial charge in [0.2, 0.25) is 0 Å². The fraction of sp³-hybridized carbons (Fsp3) is 0.125. The number of halogens is 1. The first-order valence-corrected chi connectivity index (χ1v) is 3.76. The van der Waals surface area contributed by atoms with Crippen molar-refractivity contribution >= 4 is 17.7 Å². The van der Waals surface area contributed by atoms with Gasteiger partial charge >= 0.3 is 0 Å². The third kappa shape index (κ3) is 2.08. The predicted octanol–water partition coefficient (Wildman–Crippen LogP) is 1.50. The van der Waals surface area contributed by atoms with Gasteiger partial charge in [-0.1, -0.05) is 11.6 Å². The Labute approximate surface area is 80.3 Å². The molecule has 0 aliphatic carbocycles. The molecule has 0 aromatic carbocycles. The molecule has 1 aromatic rings. The Hall–Kier alpha value is -1.78. The maximum atomic E-state index is 8.47. The molecule has 1 aromatic heterocycles. The molecular weight excluding hydrogens is 188 g/mol. The second kappa shape index (κ2) is 3.75. The molecule has 0 N–H and O–H groups in total. The molecule has 0 atom stereocenters. The van der Waals surface area contributed by atoms with Crippen molar-refractivity contribution in [1.29, 1.82) is 10.5 Å². The highest BCUT2D eigenvalue weighted by Crippen LogP contribution is 2.15. The van der Waals surface area contributed by atoms with E-state index in [9.17, 15) is 0 Å². The van der Waals surface area contributed by atoms with Crippen molar-refractivity contribution in [2.45, 2.75) is 0 Å². The summed E-state index contributed by atoms with van der Waals surface area (Å²) in [5.74, 6) is 0. The van der Waals surface area contributed by atoms with Gasteiger partial charge < -0.3 is 0 Å². The molecule has 0 saturated carbocycles. The van der Waals surface area contributed by atoms with Gasteiger partial charge in [-0.05, 0) is 6.08 Å². The SMILES string of the molecule is Cn1cc(Cl)c(C=C(C#N)C#N)n1. The summed E-state index contributed by atoms with van der Waals surface area (Å²) < 4.78 is 1.51. The standard InChI is InChI=1S/C8H5ClN4/c1-13-5-7(9)8(12-13)2-6(3-10)4-11/h2,5H,1H3. The molecule has 13 heavy (non-hydrogen) atoms. The molecule has 0 unspecified atom stereocenters. The number of rotatable bonds is 1. The van der Waals surface area contributed by atoms with Crippen LogP contribution in [0.1, 0.15) is 5.69 Å². The minimum absolute atomic E-state index is 0.0133. The molecule has 0 spiro atoms. The van der Waals surface area contributed by atoms with Gasteiger partial charge in [-0.25, -0.2) is 0 Å². The van der Waals surface area contributed by atoms with Crippen LogP contribution in [0.25, 0.3) is 6.08 Å². The quantitative estimate of drug-likeness (QED) is 0.634. The molecule has 1 rings (SSSR count). The Morgan fingerprint density at radius 3 is 2.62 bits per heavy atom. The van der Waals surface area contributed by atoms with E-state index in [0.717, 1.165) is 0 Å². The molecule has 5 heteroatoms. The second-order valence-electron chi connectivity index (χ2n) is 2.32. The fourth-order valence-corrected chi connectivity index (χ4v) is 1.03. The van der Waals surface area contributed by atoms with Crippen molar-refractivity contribution in [2.75, 3.05) is 0 Å². The number of aryl methyl sites for hydroxylation is 1. The Kier molecular flexibility index (Phi) is 2.69. The fourth-order valence-electron chi connectivity index (χ4n) is 0.801. The van der Waals surface area contributed by atoms with E-state index in [-0.39, 0.29) is 5.57 Å². The van der Waals surface area contributed by atoms with Crippen molar-refractivity contribution in [2.24, 2.45) is 7.05 Å². The molecular formula is C8H5ClN4. The molecule has 0 radical (unpaired) electrons. The number of allylic oxidation sites excluding steroid dienone is 1. The third-order valence-electron chi connectivity index (χ3n) is 1.33. The summed E-state index contributed by atoms with van der Waals surface area (Å²) in [4.78, 5) is 0. The highest BCUT2D eigenvalue weighted by atomic mass is 35.5. The van der Waals surface area contributed by atoms with E-state index in [1.54, 1.807) is 25.4 Å². The maximum absolute atomic E-state index is 8.47. The van der Waals surface area contributed by atoms with E-state index >= 15 is 0 Å². The Bertz CT molecular complexity index is 414. The lowest BCUT2D eigenvalue weighted by Gasteiger charge is -1.84. The van der Waals surface area contributed by atoms with Gasteiger partial charge in [-0.15, -0.1) is 0 Å². The van der Waals surface area contributed by atoms with Crippen molar-refractivity contribution in [3.63, 3.8) is 0 Å². The molecule has 0 saturated heterocycles. The normalized spacial score (nSPS) is 8.62. The van der Waals surface area contributed by atoms with Crippen LogP contribution < -0.4 is 0 Å². The molecule has 0 bridgehead atoms. The molecule has 0 aliphatic rings. The van der Waals surface area contributed by atoms with Gasteiger partial charge in [0.15, 0.2) is 0 Å². The molecule has 64 valence electrons. The monoisotopic (exact) mass is 192 g/mol. The summed E-state index contributed by atoms with van der Waals surface area (Å²) in [7, 11) is 1.71. The van der Waals surface area contributed by atoms with Crippen LogP contribution in [0, 0.1) is 22.7 Å². The predicted molar refractivity (Wildman–Crippen MR) is 47.4 cm³/mol. The van der Waals surface area contributed by atoms with E-state index in [1.165, 1.54) is 10.8 Å². The third-order valence-corrected chi connectivity index (χ3v) is 1.62. The Morgan fingerprint density at radius 2 is 2.23 bits per heavy atom. The van der Waals surface area contributed by atoms with Crippen LogP contribution in [0.5, 0.6) is 0 Å². The topological polar surface area (TPSA) is 65.4 Å². The summed E-state index contributed by atoms with van der Waals surface area (Å²) in [6.45, 7) is 0. The molecule has 0 amide bonds. The van der Waals surface area contributed by atoms with Gasteiger partial charge in [-0.3, -0.25) is 4.68 Å². The van der Waals surface area contributed by atoms with E-state index in [4.69, 9.17) is 22.1 Å². The van der Waals surface area contributed by atoms with Gasteiger partial charge in [0.25, 0.3) is 0 Å². The molecule has 0 fully saturated rings. The first-order valence-electron chi connectivity index (χ1n) is 3.38. The van der Waals surface area contributed by atoms with Crippen LogP contribution >= 0.6 is 11.6 Å². The van der Waals surface area contributed by atoms with Gasteiger partial charge in [0, 0.05) is 13.2 Å². The van der Waals surface area contributed by atoms with E-state index in [2.05, 4.69) is 5.10 Å². The summed E-state index contributed by atoms with van der Waals surface area (Å²) in [6, 6.07) is 3.46. The summed E-state index contributed by atoms with van der Waals surface area (Å²) in [6.07, 6.45) is 2.95. The number of hydrogen-bond donors (Lipinski definition) is 0. The van der Waals surface area contributed by atoms with Crippen molar-refractivity contribution in [3.05, 3.63) is 22.5 Å². The van der Waals surface area contributed by atoms with E-state index in [1.807, 2.05) is 0 Å². The van der Waals surface area contributed by atoms with E-state index in [0.29, 0.717) is 10.7 Å². The zero-order chi connectivity index (χ0) is 9.84. The highest BCUT2D eigenvalue weighted by Gasteiger charge is 2.03. The van der Waals surface area contributed by atoms with Crippen LogP contribution in [0.3, 0.4) is 0 Å². The van der Waals surface area contributed by atoms with Gasteiger partial charge in [-0.2, -0.15) is 15.6 Å². The minimum Gasteiger partial charge on any atom is -0.274 e. The van der Waals surface area contributed by atoms with Crippen LogP contribution in [0.15, 0.2) is 11.8 Å². The van der Waals surface area contributed by atoms with Crippen molar-refractivity contribution < 1.29 is 0 Å². The van der Waals surface area contributed by atoms with E-state index < -0.39 is 0 Å². The zero-order valence-electron chi connectivity index (χ0n) is 6.82. The number of hydrogen-bond acceptors (Lipinski definition) is 3. The molecule has 0 aliphatic heterocycles. The van der Waals surface area contributed by atoms with Crippen molar-refractivity contribution in [1.82, 2.24) is 9.78 Å². The summed E-state index contributed by atoms with van der Waals surface area (Å²) in [5.41, 5.74) is 0.419. The zero-order valence-corrected chi connectivity index (χ0v) is 7.58. The van der Waals surface area contributed by atoms with Crippen LogP contribution in [-0.2, 0) is 7.05 Å². The second-order valence-corrected chi connectivity index (χ2v) is 2.72. The first kappa shape index (κ1) is 9.31. The maximum Gasteiger partial charge on any atom is 0.131 e. The Balaban J connectivity index is 3.13. The largest absolute Gasteiger partial charge is 0.274 e. The van der Waals surface area contributed by atoms with Gasteiger partial charge in [0.1, 0.15) is 23.4 Å². The van der Waals surface area contributed by atoms with Crippen LogP contribution in [-0.4, -0.2) is 9.78 Å². The van der Waals surface area contributed by atoms with Crippen molar-refractivity contribution in [3.8, 4) is 12.1 Å². The van der Waals surface area contributed by atoms with Crippen LogP contribution in [0.4, 0.5) is 0 Å². The highest BCUT2D eigenvalue weighted by molar-refractivity contribution is 6.31. The minimum atomic E-state index is -0.0133. The summed E-state index contributed by atoms with van der Waals surface area (Å²) in [5, 5.41) is 21.3. The van der Waals surface area contributed by atoms with Gasteiger partial charge in [0.05, 0.1) is 5.02 Å². The average molecular weight is 193 g/mol. The number of nitriles is 2. The van der Waals surface area contributed by atoms with Crippen LogP contribution in [0.2, 0.25) is 5.02 Å². The number of aromatic nitrogens is 2. The summed E-state index contributed by atoms with van der Waals surface area (Å²) >= 11 is 5.76. The first-order chi connectivity index (χ1) is 6.17. The lowest BCUT2D eigenvalue weighted by atomic mass is 10.2. The lowest BCUT2D eigenvalue weighted by molar-refractivity contribution is 0.764.